The average molecular weight is 641 g/mol. The zero-order chi connectivity index (χ0) is 29.7. The summed E-state index contributed by atoms with van der Waals surface area (Å²) in [6.45, 7) is 5.72. The number of rotatable bonds is 10. The van der Waals surface area contributed by atoms with E-state index in [1.54, 1.807) is 30.3 Å². The summed E-state index contributed by atoms with van der Waals surface area (Å²) in [4.78, 5) is 49.7. The topological polar surface area (TPSA) is 128 Å². The van der Waals surface area contributed by atoms with Gasteiger partial charge in [0.05, 0.1) is 20.9 Å². The Morgan fingerprint density at radius 1 is 1.07 bits per heavy atom. The first-order chi connectivity index (χ1) is 19.5. The van der Waals surface area contributed by atoms with Gasteiger partial charge in [-0.25, -0.2) is 0 Å². The molecule has 212 valence electrons. The van der Waals surface area contributed by atoms with E-state index in [0.717, 1.165) is 33.4 Å². The van der Waals surface area contributed by atoms with E-state index in [0.29, 0.717) is 33.8 Å². The van der Waals surface area contributed by atoms with Gasteiger partial charge in [0.1, 0.15) is 13.2 Å². The molecule has 1 heterocycles. The number of nitro benzene ring substituents is 1. The third-order valence-corrected chi connectivity index (χ3v) is 7.34. The normalized spacial score (nSPS) is 14.0. The molecule has 3 amide bonds. The number of nitrogens with one attached hydrogen (secondary N) is 1. The number of hydrogen-bond acceptors (Lipinski definition) is 8. The molecule has 41 heavy (non-hydrogen) atoms. The van der Waals surface area contributed by atoms with E-state index in [4.69, 9.17) is 9.47 Å². The number of carbonyl (C=O) groups excluding carboxylic acids is 3. The molecule has 1 saturated heterocycles. The van der Waals surface area contributed by atoms with Gasteiger partial charge in [-0.15, -0.1) is 0 Å². The molecule has 0 spiro atoms. The number of ether oxygens (including phenoxy) is 2. The predicted octanol–water partition coefficient (Wildman–Crippen LogP) is 6.63. The predicted molar refractivity (Wildman–Crippen MR) is 160 cm³/mol. The van der Waals surface area contributed by atoms with Gasteiger partial charge in [-0.05, 0) is 113 Å². The van der Waals surface area contributed by atoms with Gasteiger partial charge in [-0.1, -0.05) is 6.07 Å². The largest absolute Gasteiger partial charge is 0.490 e. The van der Waals surface area contributed by atoms with Crippen molar-refractivity contribution in [2.24, 2.45) is 0 Å². The van der Waals surface area contributed by atoms with E-state index < -0.39 is 28.5 Å². The molecule has 0 bridgehead atoms. The van der Waals surface area contributed by atoms with Gasteiger partial charge < -0.3 is 14.8 Å². The summed E-state index contributed by atoms with van der Waals surface area (Å²) in [6, 6.07) is 15.0. The maximum Gasteiger partial charge on any atom is 0.294 e. The molecule has 3 aromatic carbocycles. The first kappa shape index (κ1) is 29.8. The molecule has 3 aromatic rings. The summed E-state index contributed by atoms with van der Waals surface area (Å²) >= 11 is 4.24. The zero-order valence-electron chi connectivity index (χ0n) is 22.4. The lowest BCUT2D eigenvalue weighted by Gasteiger charge is -2.15. The number of nitrogens with zero attached hydrogens (tertiary/aromatic N) is 2. The van der Waals surface area contributed by atoms with Gasteiger partial charge in [0.15, 0.2) is 11.5 Å². The molecule has 1 aliphatic rings. The summed E-state index contributed by atoms with van der Waals surface area (Å²) in [5, 5.41) is 13.1. The summed E-state index contributed by atoms with van der Waals surface area (Å²) < 4.78 is 12.3. The Kier molecular flexibility index (Phi) is 9.46. The first-order valence-electron chi connectivity index (χ1n) is 12.5. The van der Waals surface area contributed by atoms with Crippen LogP contribution >= 0.6 is 27.7 Å². The van der Waals surface area contributed by atoms with Crippen LogP contribution in [-0.2, 0) is 16.2 Å². The lowest BCUT2D eigenvalue weighted by atomic mass is 10.1. The van der Waals surface area contributed by atoms with Crippen molar-refractivity contribution in [3.63, 3.8) is 0 Å². The molecular formula is C29H26BrN3O7S. The molecule has 1 fully saturated rings. The van der Waals surface area contributed by atoms with Crippen LogP contribution in [0.5, 0.6) is 11.5 Å². The lowest BCUT2D eigenvalue weighted by molar-refractivity contribution is -0.384. The van der Waals surface area contributed by atoms with Gasteiger partial charge in [0.2, 0.25) is 5.91 Å². The standard InChI is InChI=1S/C29H26BrN3O7S/c1-4-39-24-13-20(12-23(30)27(24)40-16-19-5-7-22(8-6-19)33(37)38)14-25-28(35)32(29(36)41-25)15-26(34)31-21-10-17(2)9-18(3)11-21/h5-14H,4,15-16H2,1-3H3,(H,31,34)/b25-14+. The maximum atomic E-state index is 13.0. The molecule has 10 nitrogen and oxygen atoms in total. The highest BCUT2D eigenvalue weighted by atomic mass is 79.9. The molecule has 0 aromatic heterocycles. The van der Waals surface area contributed by atoms with Crippen molar-refractivity contribution in [1.82, 2.24) is 4.90 Å². The second kappa shape index (κ2) is 13.0. The number of non-ortho nitro benzene ring substituents is 1. The molecule has 1 aliphatic heterocycles. The van der Waals surface area contributed by atoms with E-state index in [1.807, 2.05) is 39.0 Å². The van der Waals surface area contributed by atoms with E-state index in [2.05, 4.69) is 21.2 Å². The van der Waals surface area contributed by atoms with Crippen LogP contribution < -0.4 is 14.8 Å². The van der Waals surface area contributed by atoms with Crippen LogP contribution in [-0.4, -0.2) is 40.0 Å². The van der Waals surface area contributed by atoms with Gasteiger partial charge in [0.25, 0.3) is 16.8 Å². The summed E-state index contributed by atoms with van der Waals surface area (Å²) in [7, 11) is 0. The third-order valence-electron chi connectivity index (χ3n) is 5.84. The minimum atomic E-state index is -0.567. The Morgan fingerprint density at radius 2 is 1.76 bits per heavy atom. The molecule has 0 radical (unpaired) electrons. The molecule has 0 atom stereocenters. The summed E-state index contributed by atoms with van der Waals surface area (Å²) in [5.41, 5.74) is 3.85. The Bertz CT molecular complexity index is 1540. The van der Waals surface area contributed by atoms with Crippen molar-refractivity contribution in [3.05, 3.63) is 96.3 Å². The van der Waals surface area contributed by atoms with Gasteiger partial charge >= 0.3 is 0 Å². The van der Waals surface area contributed by atoms with Crippen molar-refractivity contribution in [1.29, 1.82) is 0 Å². The van der Waals surface area contributed by atoms with Gasteiger partial charge in [0, 0.05) is 17.8 Å². The van der Waals surface area contributed by atoms with Gasteiger partial charge in [-0.2, -0.15) is 0 Å². The summed E-state index contributed by atoms with van der Waals surface area (Å²) in [5.74, 6) is -0.224. The van der Waals surface area contributed by atoms with E-state index in [9.17, 15) is 24.5 Å². The molecule has 0 aliphatic carbocycles. The quantitative estimate of drug-likeness (QED) is 0.149. The minimum absolute atomic E-state index is 0.0132. The van der Waals surface area contributed by atoms with Gasteiger partial charge in [-0.3, -0.25) is 29.4 Å². The average Bonchev–Trinajstić information content (AvgIpc) is 3.15. The second-order valence-electron chi connectivity index (χ2n) is 9.17. The Balaban J connectivity index is 1.48. The highest BCUT2D eigenvalue weighted by Gasteiger charge is 2.36. The van der Waals surface area contributed by atoms with Crippen molar-refractivity contribution in [2.45, 2.75) is 27.4 Å². The number of amides is 3. The Morgan fingerprint density at radius 3 is 2.39 bits per heavy atom. The van der Waals surface area contributed by atoms with Crippen LogP contribution in [0.1, 0.15) is 29.2 Å². The van der Waals surface area contributed by atoms with Crippen molar-refractivity contribution < 1.29 is 28.8 Å². The number of anilines is 1. The number of carbonyl (C=O) groups is 3. The number of halogens is 1. The van der Waals surface area contributed by atoms with Crippen LogP contribution in [0, 0.1) is 24.0 Å². The fourth-order valence-corrected chi connectivity index (χ4v) is 5.53. The molecular weight excluding hydrogens is 614 g/mol. The van der Waals surface area contributed by atoms with E-state index in [1.165, 1.54) is 12.1 Å². The molecule has 4 rings (SSSR count). The van der Waals surface area contributed by atoms with Crippen molar-refractivity contribution in [3.8, 4) is 11.5 Å². The molecule has 12 heteroatoms. The van der Waals surface area contributed by atoms with Crippen LogP contribution in [0.3, 0.4) is 0 Å². The lowest BCUT2D eigenvalue weighted by Crippen LogP contribution is -2.36. The maximum absolute atomic E-state index is 13.0. The number of benzene rings is 3. The smallest absolute Gasteiger partial charge is 0.294 e. The van der Waals surface area contributed by atoms with Crippen LogP contribution in [0.4, 0.5) is 16.2 Å². The van der Waals surface area contributed by atoms with Crippen LogP contribution in [0.2, 0.25) is 0 Å². The number of nitro groups is 1. The Labute approximate surface area is 249 Å². The zero-order valence-corrected chi connectivity index (χ0v) is 24.8. The fourth-order valence-electron chi connectivity index (χ4n) is 4.12. The molecule has 0 saturated carbocycles. The Hall–Kier alpha value is -4.16. The number of aryl methyl sites for hydroxylation is 2. The third kappa shape index (κ3) is 7.53. The number of hydrogen-bond donors (Lipinski definition) is 1. The number of thioether (sulfide) groups is 1. The van der Waals surface area contributed by atoms with Crippen LogP contribution in [0.25, 0.3) is 6.08 Å². The van der Waals surface area contributed by atoms with E-state index in [-0.39, 0.29) is 17.2 Å². The second-order valence-corrected chi connectivity index (χ2v) is 11.0. The first-order valence-corrected chi connectivity index (χ1v) is 14.1. The fraction of sp³-hybridized carbons (Fsp3) is 0.207. The van der Waals surface area contributed by atoms with E-state index >= 15 is 0 Å². The van der Waals surface area contributed by atoms with Crippen molar-refractivity contribution in [2.75, 3.05) is 18.5 Å². The highest BCUT2D eigenvalue weighted by Crippen LogP contribution is 2.40. The highest BCUT2D eigenvalue weighted by molar-refractivity contribution is 9.10. The SMILES string of the molecule is CCOc1cc(/C=C2/SC(=O)N(CC(=O)Nc3cc(C)cc(C)c3)C2=O)cc(Br)c1OCc1ccc([N+](=O)[O-])cc1. The monoisotopic (exact) mass is 639 g/mol. The molecule has 0 unspecified atom stereocenters. The van der Waals surface area contributed by atoms with Crippen LogP contribution in [0.15, 0.2) is 64.0 Å². The molecule has 1 N–H and O–H groups in total. The minimum Gasteiger partial charge on any atom is -0.490 e. The summed E-state index contributed by atoms with van der Waals surface area (Å²) in [6.07, 6.45) is 1.56. The number of imide groups is 1. The van der Waals surface area contributed by atoms with Crippen molar-refractivity contribution >= 4 is 62.2 Å².